The average Bonchev–Trinajstić information content (AvgIpc) is 3.24. The Morgan fingerprint density at radius 2 is 2.00 bits per heavy atom. The number of nitrogens with one attached hydrogen (secondary N) is 1. The number of carbonyl (C=O) groups excluding carboxylic acids is 1. The zero-order valence-electron chi connectivity index (χ0n) is 14.9. The van der Waals surface area contributed by atoms with E-state index >= 15 is 0 Å². The third-order valence-electron chi connectivity index (χ3n) is 4.20. The van der Waals surface area contributed by atoms with Crippen LogP contribution in [0.2, 0.25) is 0 Å². The van der Waals surface area contributed by atoms with Crippen LogP contribution in [-0.4, -0.2) is 25.8 Å². The zero-order chi connectivity index (χ0) is 20.8. The molecular weight excluding hydrogens is 405 g/mol. The monoisotopic (exact) mass is 418 g/mol. The van der Waals surface area contributed by atoms with Gasteiger partial charge in [0.2, 0.25) is 0 Å². The van der Waals surface area contributed by atoms with Gasteiger partial charge in [-0.05, 0) is 43.3 Å². The van der Waals surface area contributed by atoms with Crippen LogP contribution in [0.4, 0.5) is 19.0 Å². The molecule has 148 valence electrons. The highest BCUT2D eigenvalue weighted by Crippen LogP contribution is 2.34. The SMILES string of the molecule is Cc1nn(-c2cccc(C(F)(F)F)c2)c2sc(C(=O)Nc3ncccc3O)cc12. The topological polar surface area (TPSA) is 80.0 Å². The number of aryl methyl sites for hydroxylation is 1. The van der Waals surface area contributed by atoms with Gasteiger partial charge >= 0.3 is 6.18 Å². The molecule has 3 heterocycles. The van der Waals surface area contributed by atoms with Gasteiger partial charge in [0.05, 0.1) is 21.8 Å². The summed E-state index contributed by atoms with van der Waals surface area (Å²) in [5.41, 5.74) is 0.0407. The second-order valence-corrected chi connectivity index (χ2v) is 7.23. The predicted octanol–water partition coefficient (Wildman–Crippen LogP) is 4.77. The van der Waals surface area contributed by atoms with E-state index < -0.39 is 17.6 Å². The van der Waals surface area contributed by atoms with E-state index in [0.29, 0.717) is 20.8 Å². The van der Waals surface area contributed by atoms with Crippen molar-refractivity contribution in [2.24, 2.45) is 0 Å². The first-order valence-corrected chi connectivity index (χ1v) is 9.18. The molecule has 3 aromatic heterocycles. The predicted molar refractivity (Wildman–Crippen MR) is 103 cm³/mol. The van der Waals surface area contributed by atoms with Crippen LogP contribution in [0.15, 0.2) is 48.7 Å². The summed E-state index contributed by atoms with van der Waals surface area (Å²) in [6, 6.07) is 9.36. The quantitative estimate of drug-likeness (QED) is 0.502. The van der Waals surface area contributed by atoms with Crippen molar-refractivity contribution in [1.29, 1.82) is 0 Å². The first-order chi connectivity index (χ1) is 13.7. The summed E-state index contributed by atoms with van der Waals surface area (Å²) in [6.45, 7) is 1.71. The molecule has 6 nitrogen and oxygen atoms in total. The summed E-state index contributed by atoms with van der Waals surface area (Å²) in [5, 5.41) is 17.2. The number of anilines is 1. The molecule has 4 aromatic rings. The van der Waals surface area contributed by atoms with Gasteiger partial charge in [0, 0.05) is 11.6 Å². The molecule has 0 unspecified atom stereocenters. The van der Waals surface area contributed by atoms with Crippen molar-refractivity contribution in [3.8, 4) is 11.4 Å². The van der Waals surface area contributed by atoms with Gasteiger partial charge in [-0.25, -0.2) is 9.67 Å². The molecule has 1 amide bonds. The highest BCUT2D eigenvalue weighted by atomic mass is 32.1. The standard InChI is InChI=1S/C19H13F3N4O2S/c1-10-13-9-15(17(28)24-16-14(27)6-3-7-23-16)29-18(13)26(25-10)12-5-2-4-11(8-12)19(20,21)22/h2-9,27H,1H3,(H,23,24,28). The zero-order valence-corrected chi connectivity index (χ0v) is 15.7. The summed E-state index contributed by atoms with van der Waals surface area (Å²) in [6.07, 6.45) is -3.04. The molecule has 0 fully saturated rings. The molecular formula is C19H13F3N4O2S. The minimum atomic E-state index is -4.47. The summed E-state index contributed by atoms with van der Waals surface area (Å²) in [5.74, 6) is -0.644. The van der Waals surface area contributed by atoms with Crippen LogP contribution >= 0.6 is 11.3 Å². The number of hydrogen-bond acceptors (Lipinski definition) is 5. The molecule has 0 aliphatic rings. The van der Waals surface area contributed by atoms with Gasteiger partial charge in [-0.15, -0.1) is 11.3 Å². The van der Waals surface area contributed by atoms with Crippen LogP contribution in [0.1, 0.15) is 20.9 Å². The van der Waals surface area contributed by atoms with Gasteiger partial charge < -0.3 is 10.4 Å². The number of thiophene rings is 1. The van der Waals surface area contributed by atoms with Crippen molar-refractivity contribution < 1.29 is 23.1 Å². The van der Waals surface area contributed by atoms with E-state index in [2.05, 4.69) is 15.4 Å². The molecule has 0 spiro atoms. The smallest absolute Gasteiger partial charge is 0.416 e. The summed E-state index contributed by atoms with van der Waals surface area (Å²) < 4.78 is 40.5. The Bertz CT molecular complexity index is 1230. The number of hydrogen-bond donors (Lipinski definition) is 2. The Kier molecular flexibility index (Phi) is 4.50. The molecule has 29 heavy (non-hydrogen) atoms. The third kappa shape index (κ3) is 3.54. The van der Waals surface area contributed by atoms with E-state index in [1.54, 1.807) is 13.0 Å². The number of fused-ring (bicyclic) bond motifs is 1. The maximum absolute atomic E-state index is 13.0. The molecule has 0 saturated carbocycles. The molecule has 0 atom stereocenters. The van der Waals surface area contributed by atoms with Crippen LogP contribution in [0.5, 0.6) is 5.75 Å². The molecule has 0 bridgehead atoms. The highest BCUT2D eigenvalue weighted by molar-refractivity contribution is 7.20. The third-order valence-corrected chi connectivity index (χ3v) is 5.31. The lowest BCUT2D eigenvalue weighted by Gasteiger charge is -2.09. The summed E-state index contributed by atoms with van der Waals surface area (Å²) in [4.78, 5) is 17.3. The molecule has 2 N–H and O–H groups in total. The fourth-order valence-electron chi connectivity index (χ4n) is 2.81. The first kappa shape index (κ1) is 18.9. The van der Waals surface area contributed by atoms with E-state index in [-0.39, 0.29) is 17.3 Å². The van der Waals surface area contributed by atoms with Crippen molar-refractivity contribution in [2.75, 3.05) is 5.32 Å². The van der Waals surface area contributed by atoms with Crippen LogP contribution in [-0.2, 0) is 6.18 Å². The maximum Gasteiger partial charge on any atom is 0.416 e. The number of benzene rings is 1. The number of halogens is 3. The van der Waals surface area contributed by atoms with Crippen LogP contribution in [0, 0.1) is 6.92 Å². The Balaban J connectivity index is 1.73. The summed E-state index contributed by atoms with van der Waals surface area (Å²) >= 11 is 1.08. The number of nitrogens with zero attached hydrogens (tertiary/aromatic N) is 3. The van der Waals surface area contributed by atoms with Gasteiger partial charge in [0.15, 0.2) is 11.6 Å². The number of aromatic hydroxyl groups is 1. The number of pyridine rings is 1. The van der Waals surface area contributed by atoms with Crippen molar-refractivity contribution in [1.82, 2.24) is 14.8 Å². The van der Waals surface area contributed by atoms with Gasteiger partial charge in [0.25, 0.3) is 5.91 Å². The van der Waals surface area contributed by atoms with Crippen molar-refractivity contribution in [2.45, 2.75) is 13.1 Å². The average molecular weight is 418 g/mol. The normalized spacial score (nSPS) is 11.7. The van der Waals surface area contributed by atoms with E-state index in [4.69, 9.17) is 0 Å². The molecule has 10 heteroatoms. The second kappa shape index (κ2) is 6.89. The fraction of sp³-hybridized carbons (Fsp3) is 0.105. The number of aromatic nitrogens is 3. The summed E-state index contributed by atoms with van der Waals surface area (Å²) in [7, 11) is 0. The lowest BCUT2D eigenvalue weighted by molar-refractivity contribution is -0.137. The molecule has 4 rings (SSSR count). The number of amides is 1. The Labute approximate surface area is 166 Å². The highest BCUT2D eigenvalue weighted by Gasteiger charge is 2.31. The Morgan fingerprint density at radius 3 is 2.72 bits per heavy atom. The fourth-order valence-corrected chi connectivity index (χ4v) is 3.89. The minimum Gasteiger partial charge on any atom is -0.504 e. The Hall–Kier alpha value is -3.40. The number of alkyl halides is 3. The van der Waals surface area contributed by atoms with E-state index in [1.807, 2.05) is 0 Å². The first-order valence-electron chi connectivity index (χ1n) is 8.36. The van der Waals surface area contributed by atoms with Crippen LogP contribution < -0.4 is 5.32 Å². The van der Waals surface area contributed by atoms with Crippen molar-refractivity contribution in [3.05, 3.63) is 64.8 Å². The second-order valence-electron chi connectivity index (χ2n) is 6.20. The Morgan fingerprint density at radius 1 is 1.21 bits per heavy atom. The van der Waals surface area contributed by atoms with Crippen LogP contribution in [0.25, 0.3) is 15.9 Å². The molecule has 1 aromatic carbocycles. The molecule has 0 saturated heterocycles. The number of carbonyl (C=O) groups is 1. The lowest BCUT2D eigenvalue weighted by atomic mass is 10.2. The van der Waals surface area contributed by atoms with Crippen molar-refractivity contribution >= 4 is 33.3 Å². The lowest BCUT2D eigenvalue weighted by Crippen LogP contribution is -2.11. The van der Waals surface area contributed by atoms with Crippen LogP contribution in [0.3, 0.4) is 0 Å². The van der Waals surface area contributed by atoms with Gasteiger partial charge in [-0.1, -0.05) is 6.07 Å². The van der Waals surface area contributed by atoms with Gasteiger partial charge in [-0.3, -0.25) is 4.79 Å². The molecule has 0 aliphatic heterocycles. The largest absolute Gasteiger partial charge is 0.504 e. The number of rotatable bonds is 3. The van der Waals surface area contributed by atoms with E-state index in [1.165, 1.54) is 35.1 Å². The van der Waals surface area contributed by atoms with E-state index in [9.17, 15) is 23.1 Å². The van der Waals surface area contributed by atoms with Gasteiger partial charge in [0.1, 0.15) is 4.83 Å². The molecule has 0 aliphatic carbocycles. The molecule has 0 radical (unpaired) electrons. The maximum atomic E-state index is 13.0. The van der Waals surface area contributed by atoms with Gasteiger partial charge in [-0.2, -0.15) is 18.3 Å². The minimum absolute atomic E-state index is 0.0196. The van der Waals surface area contributed by atoms with Crippen molar-refractivity contribution in [3.63, 3.8) is 0 Å². The van der Waals surface area contributed by atoms with E-state index in [0.717, 1.165) is 23.5 Å².